The Labute approximate surface area is 180 Å². The maximum Gasteiger partial charge on any atom is 0.0558 e. The molecular formula is C27H35N3. The van der Waals surface area contributed by atoms with E-state index in [-0.39, 0.29) is 0 Å². The predicted octanol–water partition coefficient (Wildman–Crippen LogP) is 5.83. The van der Waals surface area contributed by atoms with Crippen molar-refractivity contribution < 1.29 is 0 Å². The van der Waals surface area contributed by atoms with Crippen LogP contribution in [-0.2, 0) is 13.0 Å². The van der Waals surface area contributed by atoms with Crippen molar-refractivity contribution in [1.82, 2.24) is 15.2 Å². The van der Waals surface area contributed by atoms with Crippen molar-refractivity contribution in [2.75, 3.05) is 19.6 Å². The Hall–Kier alpha value is -2.10. The Morgan fingerprint density at radius 2 is 1.90 bits per heavy atom. The van der Waals surface area contributed by atoms with Crippen molar-refractivity contribution in [3.63, 3.8) is 0 Å². The van der Waals surface area contributed by atoms with Crippen LogP contribution in [0.1, 0.15) is 61.9 Å². The molecule has 2 atom stereocenters. The number of H-pyrrole nitrogens is 1. The van der Waals surface area contributed by atoms with E-state index in [2.05, 4.69) is 76.7 Å². The molecule has 2 N–H and O–H groups in total. The zero-order valence-electron chi connectivity index (χ0n) is 18.3. The fourth-order valence-electron chi connectivity index (χ4n) is 6.20. The first kappa shape index (κ1) is 19.8. The third-order valence-corrected chi connectivity index (χ3v) is 7.74. The summed E-state index contributed by atoms with van der Waals surface area (Å²) < 4.78 is 0. The molecule has 5 rings (SSSR count). The minimum atomic E-state index is 0.392. The van der Waals surface area contributed by atoms with Crippen LogP contribution in [0.3, 0.4) is 0 Å². The summed E-state index contributed by atoms with van der Waals surface area (Å²) in [5, 5.41) is 5.12. The topological polar surface area (TPSA) is 31.1 Å². The number of nitrogens with one attached hydrogen (secondary N) is 2. The molecule has 1 aromatic heterocycles. The molecule has 0 bridgehead atoms. The van der Waals surface area contributed by atoms with Crippen LogP contribution >= 0.6 is 0 Å². The van der Waals surface area contributed by atoms with E-state index in [1.54, 1.807) is 5.56 Å². The summed E-state index contributed by atoms with van der Waals surface area (Å²) in [6, 6.07) is 20.2. The lowest BCUT2D eigenvalue weighted by atomic mass is 9.65. The molecule has 3 nitrogen and oxygen atoms in total. The third kappa shape index (κ3) is 3.59. The van der Waals surface area contributed by atoms with E-state index in [9.17, 15) is 0 Å². The first-order valence-electron chi connectivity index (χ1n) is 11.9. The van der Waals surface area contributed by atoms with Crippen molar-refractivity contribution in [3.8, 4) is 0 Å². The highest BCUT2D eigenvalue weighted by Gasteiger charge is 2.46. The second-order valence-electron chi connectivity index (χ2n) is 9.34. The predicted molar refractivity (Wildman–Crippen MR) is 126 cm³/mol. The second kappa shape index (κ2) is 8.56. The van der Waals surface area contributed by atoms with Crippen molar-refractivity contribution in [3.05, 3.63) is 71.4 Å². The van der Waals surface area contributed by atoms with Crippen molar-refractivity contribution in [2.24, 2.45) is 5.41 Å². The number of benzene rings is 2. The van der Waals surface area contributed by atoms with E-state index in [1.165, 1.54) is 73.8 Å². The van der Waals surface area contributed by atoms with Gasteiger partial charge >= 0.3 is 0 Å². The summed E-state index contributed by atoms with van der Waals surface area (Å²) >= 11 is 0. The average molecular weight is 402 g/mol. The summed E-state index contributed by atoms with van der Waals surface area (Å²) in [5.74, 6) is 0. The zero-order chi connectivity index (χ0) is 20.4. The van der Waals surface area contributed by atoms with Gasteiger partial charge in [-0.1, -0.05) is 55.5 Å². The molecule has 2 aliphatic rings. The number of rotatable bonds is 7. The third-order valence-electron chi connectivity index (χ3n) is 7.74. The molecular weight excluding hydrogens is 366 g/mol. The molecule has 0 amide bonds. The maximum absolute atomic E-state index is 3.87. The van der Waals surface area contributed by atoms with Gasteiger partial charge in [0, 0.05) is 29.7 Å². The van der Waals surface area contributed by atoms with Crippen molar-refractivity contribution in [2.45, 2.75) is 58.0 Å². The minimum Gasteiger partial charge on any atom is -0.357 e. The van der Waals surface area contributed by atoms with Gasteiger partial charge in [0.05, 0.1) is 6.04 Å². The first-order chi connectivity index (χ1) is 14.8. The number of hydrogen-bond donors (Lipinski definition) is 2. The molecule has 0 saturated carbocycles. The van der Waals surface area contributed by atoms with Gasteiger partial charge in [-0.3, -0.25) is 4.90 Å². The van der Waals surface area contributed by atoms with Gasteiger partial charge in [-0.15, -0.1) is 0 Å². The van der Waals surface area contributed by atoms with Gasteiger partial charge in [0.1, 0.15) is 0 Å². The number of aromatic amines is 1. The van der Waals surface area contributed by atoms with Gasteiger partial charge in [0.25, 0.3) is 0 Å². The molecule has 3 heteroatoms. The highest BCUT2D eigenvalue weighted by Crippen LogP contribution is 2.53. The SMILES string of the molecule is CCC1(CCCNCc2ccccc2)CCCN2CCc3c([nH]c4ccccc34)C21. The fourth-order valence-corrected chi connectivity index (χ4v) is 6.20. The molecule has 2 aliphatic heterocycles. The van der Waals surface area contributed by atoms with Gasteiger partial charge in [-0.25, -0.2) is 0 Å². The van der Waals surface area contributed by atoms with Crippen LogP contribution in [0.2, 0.25) is 0 Å². The lowest BCUT2D eigenvalue weighted by Crippen LogP contribution is -2.49. The average Bonchev–Trinajstić information content (AvgIpc) is 3.18. The number of nitrogens with zero attached hydrogens (tertiary/aromatic N) is 1. The van der Waals surface area contributed by atoms with Gasteiger partial charge in [0.2, 0.25) is 0 Å². The van der Waals surface area contributed by atoms with E-state index in [0.717, 1.165) is 13.1 Å². The molecule has 158 valence electrons. The summed E-state index contributed by atoms with van der Waals surface area (Å²) in [4.78, 5) is 6.66. The summed E-state index contributed by atoms with van der Waals surface area (Å²) in [6.07, 6.45) is 7.72. The van der Waals surface area contributed by atoms with Crippen LogP contribution in [0.15, 0.2) is 54.6 Å². The van der Waals surface area contributed by atoms with Gasteiger partial charge in [0.15, 0.2) is 0 Å². The Morgan fingerprint density at radius 3 is 2.77 bits per heavy atom. The quantitative estimate of drug-likeness (QED) is 0.488. The molecule has 3 aromatic rings. The Kier molecular flexibility index (Phi) is 5.66. The summed E-state index contributed by atoms with van der Waals surface area (Å²) in [7, 11) is 0. The Morgan fingerprint density at radius 1 is 1.07 bits per heavy atom. The van der Waals surface area contributed by atoms with E-state index >= 15 is 0 Å². The molecule has 0 spiro atoms. The van der Waals surface area contributed by atoms with Crippen LogP contribution in [0.5, 0.6) is 0 Å². The van der Waals surface area contributed by atoms with E-state index in [4.69, 9.17) is 0 Å². The molecule has 30 heavy (non-hydrogen) atoms. The minimum absolute atomic E-state index is 0.392. The maximum atomic E-state index is 3.87. The van der Waals surface area contributed by atoms with Crippen LogP contribution in [0.25, 0.3) is 10.9 Å². The molecule has 3 heterocycles. The number of para-hydroxylation sites is 1. The summed E-state index contributed by atoms with van der Waals surface area (Å²) in [5.41, 5.74) is 6.21. The van der Waals surface area contributed by atoms with Crippen LogP contribution in [-0.4, -0.2) is 29.5 Å². The van der Waals surface area contributed by atoms with E-state index in [1.807, 2.05) is 0 Å². The lowest BCUT2D eigenvalue weighted by molar-refractivity contribution is -0.00850. The smallest absolute Gasteiger partial charge is 0.0558 e. The van der Waals surface area contributed by atoms with Gasteiger partial charge in [-0.2, -0.15) is 0 Å². The second-order valence-corrected chi connectivity index (χ2v) is 9.34. The normalized spacial score (nSPS) is 24.0. The van der Waals surface area contributed by atoms with Crippen LogP contribution < -0.4 is 5.32 Å². The Balaban J connectivity index is 1.33. The highest BCUT2D eigenvalue weighted by atomic mass is 15.2. The first-order valence-corrected chi connectivity index (χ1v) is 11.9. The number of aromatic nitrogens is 1. The Bertz CT molecular complexity index is 976. The van der Waals surface area contributed by atoms with Crippen molar-refractivity contribution in [1.29, 1.82) is 0 Å². The molecule has 0 radical (unpaired) electrons. The zero-order valence-corrected chi connectivity index (χ0v) is 18.3. The molecule has 1 fully saturated rings. The molecule has 1 saturated heterocycles. The summed E-state index contributed by atoms with van der Waals surface area (Å²) in [6.45, 7) is 6.98. The number of hydrogen-bond acceptors (Lipinski definition) is 2. The molecule has 2 aromatic carbocycles. The van der Waals surface area contributed by atoms with Crippen LogP contribution in [0.4, 0.5) is 0 Å². The van der Waals surface area contributed by atoms with Crippen molar-refractivity contribution >= 4 is 10.9 Å². The van der Waals surface area contributed by atoms with Crippen LogP contribution in [0, 0.1) is 5.41 Å². The van der Waals surface area contributed by atoms with E-state index < -0.39 is 0 Å². The fraction of sp³-hybridized carbons (Fsp3) is 0.481. The standard InChI is InChI=1S/C27H35N3/c1-2-27(15-8-17-28-20-21-10-4-3-5-11-21)16-9-18-30-19-14-23-22-12-6-7-13-24(22)29-25(23)26(27)30/h3-7,10-13,26,28-29H,2,8-9,14-20H2,1H3. The van der Waals surface area contributed by atoms with Gasteiger partial charge in [-0.05, 0) is 74.2 Å². The van der Waals surface area contributed by atoms with Gasteiger partial charge < -0.3 is 10.3 Å². The van der Waals surface area contributed by atoms with E-state index in [0.29, 0.717) is 11.5 Å². The highest BCUT2D eigenvalue weighted by molar-refractivity contribution is 5.85. The molecule has 2 unspecified atom stereocenters. The molecule has 0 aliphatic carbocycles. The largest absolute Gasteiger partial charge is 0.357 e. The monoisotopic (exact) mass is 401 g/mol. The number of fused-ring (bicyclic) bond motifs is 5. The number of piperidine rings is 1. The lowest BCUT2D eigenvalue weighted by Gasteiger charge is -2.52.